The summed E-state index contributed by atoms with van der Waals surface area (Å²) in [4.78, 5) is 4.00. The van der Waals surface area contributed by atoms with Gasteiger partial charge in [0, 0.05) is 0 Å². The Balaban J connectivity index is 1.97. The lowest BCUT2D eigenvalue weighted by Gasteiger charge is -2.08. The van der Waals surface area contributed by atoms with E-state index in [-0.39, 0.29) is 0 Å². The molecule has 3 rings (SSSR count). The van der Waals surface area contributed by atoms with Crippen LogP contribution in [0.15, 0.2) is 73.3 Å². The molecule has 0 radical (unpaired) electrons. The molecular weight excluding hydrogens is 246 g/mol. The highest BCUT2D eigenvalue weighted by molar-refractivity contribution is 5.81. The summed E-state index contributed by atoms with van der Waals surface area (Å²) >= 11 is 0. The second-order valence-electron chi connectivity index (χ2n) is 4.54. The van der Waals surface area contributed by atoms with Crippen molar-refractivity contribution in [2.24, 2.45) is 0 Å². The van der Waals surface area contributed by atoms with Gasteiger partial charge in [-0.2, -0.15) is 5.10 Å². The van der Waals surface area contributed by atoms with E-state index in [1.54, 1.807) is 12.7 Å². The quantitative estimate of drug-likeness (QED) is 0.673. The fourth-order valence-electron chi connectivity index (χ4n) is 2.11. The van der Waals surface area contributed by atoms with E-state index in [1.807, 2.05) is 28.9 Å². The number of hydrogen-bond donors (Lipinski definition) is 0. The van der Waals surface area contributed by atoms with E-state index in [2.05, 4.69) is 52.6 Å². The van der Waals surface area contributed by atoms with Gasteiger partial charge < -0.3 is 0 Å². The van der Waals surface area contributed by atoms with Gasteiger partial charge in [0.25, 0.3) is 0 Å². The fourth-order valence-corrected chi connectivity index (χ4v) is 2.11. The van der Waals surface area contributed by atoms with Crippen molar-refractivity contribution < 1.29 is 0 Å². The second kappa shape index (κ2) is 5.97. The van der Waals surface area contributed by atoms with Crippen LogP contribution >= 0.6 is 0 Å². The first-order valence-corrected chi connectivity index (χ1v) is 6.55. The predicted octanol–water partition coefficient (Wildman–Crippen LogP) is 3.52. The molecule has 0 spiro atoms. The summed E-state index contributed by atoms with van der Waals surface area (Å²) in [7, 11) is 0. The molecule has 0 amide bonds. The number of benzene rings is 2. The summed E-state index contributed by atoms with van der Waals surface area (Å²) in [6.07, 6.45) is 5.49. The molecule has 1 aromatic heterocycles. The Morgan fingerprint density at radius 3 is 2.30 bits per heavy atom. The van der Waals surface area contributed by atoms with Crippen molar-refractivity contribution in [1.82, 2.24) is 14.8 Å². The number of aromatic nitrogens is 3. The predicted molar refractivity (Wildman–Crippen MR) is 80.8 cm³/mol. The molecule has 0 fully saturated rings. The van der Waals surface area contributed by atoms with Crippen LogP contribution in [0, 0.1) is 0 Å². The highest BCUT2D eigenvalue weighted by atomic mass is 15.3. The lowest BCUT2D eigenvalue weighted by Crippen LogP contribution is -2.01. The molecule has 0 saturated heterocycles. The molecule has 3 aromatic rings. The molecule has 2 aromatic carbocycles. The van der Waals surface area contributed by atoms with Gasteiger partial charge in [0.1, 0.15) is 12.7 Å². The summed E-state index contributed by atoms with van der Waals surface area (Å²) in [5.41, 5.74) is 3.60. The van der Waals surface area contributed by atoms with Gasteiger partial charge in [-0.1, -0.05) is 60.7 Å². The van der Waals surface area contributed by atoms with Crippen molar-refractivity contribution in [2.75, 3.05) is 0 Å². The SMILES string of the molecule is C(=C(/Cn1cncn1)c1ccccc1)/c1ccccc1. The number of nitrogens with zero attached hydrogens (tertiary/aromatic N) is 3. The minimum atomic E-state index is 0.707. The molecule has 1 heterocycles. The Labute approximate surface area is 118 Å². The third kappa shape index (κ3) is 3.01. The molecule has 0 bridgehead atoms. The normalized spacial score (nSPS) is 11.5. The fraction of sp³-hybridized carbons (Fsp3) is 0.0588. The molecule has 3 heteroatoms. The van der Waals surface area contributed by atoms with Gasteiger partial charge in [-0.3, -0.25) is 0 Å². The molecule has 0 atom stereocenters. The zero-order valence-corrected chi connectivity index (χ0v) is 11.1. The van der Waals surface area contributed by atoms with Crippen LogP contribution in [0.3, 0.4) is 0 Å². The van der Waals surface area contributed by atoms with E-state index >= 15 is 0 Å². The molecule has 0 unspecified atom stereocenters. The number of rotatable bonds is 4. The molecule has 0 saturated carbocycles. The van der Waals surface area contributed by atoms with Gasteiger partial charge in [-0.05, 0) is 22.8 Å². The lowest BCUT2D eigenvalue weighted by atomic mass is 10.0. The van der Waals surface area contributed by atoms with Gasteiger partial charge >= 0.3 is 0 Å². The molecule has 0 aliphatic carbocycles. The Bertz CT molecular complexity index is 671. The van der Waals surface area contributed by atoms with Crippen molar-refractivity contribution in [2.45, 2.75) is 6.54 Å². The minimum absolute atomic E-state index is 0.707. The zero-order valence-electron chi connectivity index (χ0n) is 11.1. The summed E-state index contributed by atoms with van der Waals surface area (Å²) in [5, 5.41) is 4.19. The van der Waals surface area contributed by atoms with Crippen LogP contribution in [0.5, 0.6) is 0 Å². The smallest absolute Gasteiger partial charge is 0.137 e. The summed E-state index contributed by atoms with van der Waals surface area (Å²) in [5.74, 6) is 0. The average molecular weight is 261 g/mol. The summed E-state index contributed by atoms with van der Waals surface area (Å²) in [6.45, 7) is 0.707. The van der Waals surface area contributed by atoms with E-state index in [1.165, 1.54) is 16.7 Å². The van der Waals surface area contributed by atoms with Gasteiger partial charge in [-0.15, -0.1) is 0 Å². The van der Waals surface area contributed by atoms with E-state index < -0.39 is 0 Å². The van der Waals surface area contributed by atoms with Crippen molar-refractivity contribution in [3.05, 3.63) is 84.4 Å². The van der Waals surface area contributed by atoms with Gasteiger partial charge in [0.2, 0.25) is 0 Å². The average Bonchev–Trinajstić information content (AvgIpc) is 3.02. The van der Waals surface area contributed by atoms with Crippen molar-refractivity contribution in [3.63, 3.8) is 0 Å². The molecule has 20 heavy (non-hydrogen) atoms. The van der Waals surface area contributed by atoms with Crippen LogP contribution in [0.1, 0.15) is 11.1 Å². The van der Waals surface area contributed by atoms with Crippen molar-refractivity contribution >= 4 is 11.6 Å². The third-order valence-corrected chi connectivity index (χ3v) is 3.08. The molecule has 0 N–H and O–H groups in total. The number of allylic oxidation sites excluding steroid dienone is 1. The standard InChI is InChI=1S/C17H15N3/c1-3-7-15(8-4-1)11-17(12-20-14-18-13-19-20)16-9-5-2-6-10-16/h1-11,13-14H,12H2/b17-11+. The van der Waals surface area contributed by atoms with Crippen LogP contribution in [0.25, 0.3) is 11.6 Å². The van der Waals surface area contributed by atoms with Crippen LogP contribution in [0.2, 0.25) is 0 Å². The molecule has 98 valence electrons. The summed E-state index contributed by atoms with van der Waals surface area (Å²) in [6, 6.07) is 20.7. The van der Waals surface area contributed by atoms with Crippen LogP contribution in [-0.2, 0) is 6.54 Å². The third-order valence-electron chi connectivity index (χ3n) is 3.08. The second-order valence-corrected chi connectivity index (χ2v) is 4.54. The first-order chi connectivity index (χ1) is 9.92. The van der Waals surface area contributed by atoms with Crippen LogP contribution in [0.4, 0.5) is 0 Å². The van der Waals surface area contributed by atoms with E-state index in [0.29, 0.717) is 6.54 Å². The Morgan fingerprint density at radius 2 is 1.65 bits per heavy atom. The zero-order chi connectivity index (χ0) is 13.6. The highest BCUT2D eigenvalue weighted by Crippen LogP contribution is 2.19. The maximum absolute atomic E-state index is 4.19. The molecule has 3 nitrogen and oxygen atoms in total. The Hall–Kier alpha value is -2.68. The monoisotopic (exact) mass is 261 g/mol. The van der Waals surface area contributed by atoms with Gasteiger partial charge in [-0.25, -0.2) is 9.67 Å². The topological polar surface area (TPSA) is 30.7 Å². The Morgan fingerprint density at radius 1 is 0.950 bits per heavy atom. The summed E-state index contributed by atoms with van der Waals surface area (Å²) < 4.78 is 1.84. The van der Waals surface area contributed by atoms with Gasteiger partial charge in [0.15, 0.2) is 0 Å². The van der Waals surface area contributed by atoms with Gasteiger partial charge in [0.05, 0.1) is 6.54 Å². The minimum Gasteiger partial charge on any atom is -0.249 e. The van der Waals surface area contributed by atoms with Crippen LogP contribution in [-0.4, -0.2) is 14.8 Å². The van der Waals surface area contributed by atoms with E-state index in [9.17, 15) is 0 Å². The molecular formula is C17H15N3. The first kappa shape index (κ1) is 12.4. The first-order valence-electron chi connectivity index (χ1n) is 6.55. The largest absolute Gasteiger partial charge is 0.249 e. The Kier molecular flexibility index (Phi) is 3.69. The van der Waals surface area contributed by atoms with Crippen LogP contribution < -0.4 is 0 Å². The van der Waals surface area contributed by atoms with E-state index in [4.69, 9.17) is 0 Å². The maximum Gasteiger partial charge on any atom is 0.137 e. The molecule has 0 aliphatic heterocycles. The van der Waals surface area contributed by atoms with Crippen molar-refractivity contribution in [1.29, 1.82) is 0 Å². The molecule has 0 aliphatic rings. The number of hydrogen-bond acceptors (Lipinski definition) is 2. The van der Waals surface area contributed by atoms with Crippen molar-refractivity contribution in [3.8, 4) is 0 Å². The van der Waals surface area contributed by atoms with E-state index in [0.717, 1.165) is 0 Å². The maximum atomic E-state index is 4.19. The lowest BCUT2D eigenvalue weighted by molar-refractivity contribution is 0.711. The highest BCUT2D eigenvalue weighted by Gasteiger charge is 2.03.